The standard InChI is InChI=1S/C19H18N2O3S3/c1-3-12(2)24-14-8-5-4-7-13(14)11-16-18(23)21(19(25)27-16)20-17(22)15-9-6-10-26-15/h4-12H,3H2,1-2H3,(H,20,22)/b16-11+/t12-/m1/s1. The zero-order chi connectivity index (χ0) is 19.4. The summed E-state index contributed by atoms with van der Waals surface area (Å²) in [5.74, 6) is -0.00366. The second-order valence-corrected chi connectivity index (χ2v) is 8.43. The second-order valence-electron chi connectivity index (χ2n) is 5.81. The Morgan fingerprint density at radius 1 is 1.33 bits per heavy atom. The molecule has 1 N–H and O–H groups in total. The molecule has 8 heteroatoms. The SMILES string of the molecule is CC[C@@H](C)Oc1ccccc1/C=C1/SC(=S)N(NC(=O)c2cccs2)C1=O. The molecular formula is C19H18N2O3S3. The van der Waals surface area contributed by atoms with E-state index in [0.717, 1.165) is 28.8 Å². The maximum absolute atomic E-state index is 12.7. The lowest BCUT2D eigenvalue weighted by Gasteiger charge is -2.15. The van der Waals surface area contributed by atoms with Crippen molar-refractivity contribution in [3.63, 3.8) is 0 Å². The number of hydrazine groups is 1. The van der Waals surface area contributed by atoms with Crippen LogP contribution >= 0.6 is 35.3 Å². The van der Waals surface area contributed by atoms with Crippen LogP contribution in [0.4, 0.5) is 0 Å². The number of thiophene rings is 1. The number of benzene rings is 1. The Labute approximate surface area is 171 Å². The zero-order valence-corrected chi connectivity index (χ0v) is 17.2. The highest BCUT2D eigenvalue weighted by atomic mass is 32.2. The molecular weight excluding hydrogens is 400 g/mol. The van der Waals surface area contributed by atoms with E-state index < -0.39 is 0 Å². The quantitative estimate of drug-likeness (QED) is 0.554. The van der Waals surface area contributed by atoms with Gasteiger partial charge in [0.15, 0.2) is 4.32 Å². The van der Waals surface area contributed by atoms with E-state index in [-0.39, 0.29) is 22.2 Å². The summed E-state index contributed by atoms with van der Waals surface area (Å²) in [6.45, 7) is 4.05. The summed E-state index contributed by atoms with van der Waals surface area (Å²) in [6.07, 6.45) is 2.69. The number of amides is 2. The van der Waals surface area contributed by atoms with E-state index in [1.165, 1.54) is 11.3 Å². The van der Waals surface area contributed by atoms with Gasteiger partial charge < -0.3 is 4.74 Å². The molecule has 2 heterocycles. The number of nitrogens with zero attached hydrogens (tertiary/aromatic N) is 1. The number of ether oxygens (including phenoxy) is 1. The topological polar surface area (TPSA) is 58.6 Å². The summed E-state index contributed by atoms with van der Waals surface area (Å²) in [5, 5.41) is 2.92. The van der Waals surface area contributed by atoms with Gasteiger partial charge in [-0.25, -0.2) is 0 Å². The molecule has 1 fully saturated rings. The molecule has 1 aliphatic heterocycles. The zero-order valence-electron chi connectivity index (χ0n) is 14.8. The molecule has 0 aliphatic carbocycles. The fourth-order valence-electron chi connectivity index (χ4n) is 2.28. The van der Waals surface area contributed by atoms with Crippen molar-refractivity contribution in [1.82, 2.24) is 10.4 Å². The maximum Gasteiger partial charge on any atom is 0.285 e. The number of hydrogen-bond donors (Lipinski definition) is 1. The van der Waals surface area contributed by atoms with Gasteiger partial charge in [-0.05, 0) is 49.2 Å². The van der Waals surface area contributed by atoms with Crippen LogP contribution in [-0.4, -0.2) is 27.2 Å². The number of hydrogen-bond acceptors (Lipinski definition) is 6. The highest BCUT2D eigenvalue weighted by Crippen LogP contribution is 2.33. The Morgan fingerprint density at radius 2 is 2.11 bits per heavy atom. The number of carbonyl (C=O) groups is 2. The van der Waals surface area contributed by atoms with Crippen molar-refractivity contribution in [2.24, 2.45) is 0 Å². The van der Waals surface area contributed by atoms with Gasteiger partial charge in [0, 0.05) is 5.56 Å². The molecule has 140 valence electrons. The van der Waals surface area contributed by atoms with Crippen molar-refractivity contribution in [3.8, 4) is 5.75 Å². The average Bonchev–Trinajstić information content (AvgIpc) is 3.28. The molecule has 2 amide bonds. The van der Waals surface area contributed by atoms with Gasteiger partial charge in [0.05, 0.1) is 15.9 Å². The number of para-hydroxylation sites is 1. The van der Waals surface area contributed by atoms with Crippen LogP contribution in [0.3, 0.4) is 0 Å². The Morgan fingerprint density at radius 3 is 2.81 bits per heavy atom. The summed E-state index contributed by atoms with van der Waals surface area (Å²) in [7, 11) is 0. The Kier molecular flexibility index (Phi) is 6.30. The van der Waals surface area contributed by atoms with Crippen LogP contribution in [0.15, 0.2) is 46.7 Å². The largest absolute Gasteiger partial charge is 0.490 e. The van der Waals surface area contributed by atoms with E-state index in [4.69, 9.17) is 17.0 Å². The highest BCUT2D eigenvalue weighted by molar-refractivity contribution is 8.26. The van der Waals surface area contributed by atoms with Crippen LogP contribution in [0.5, 0.6) is 5.75 Å². The molecule has 0 radical (unpaired) electrons. The van der Waals surface area contributed by atoms with Gasteiger partial charge in [0.25, 0.3) is 11.8 Å². The lowest BCUT2D eigenvalue weighted by atomic mass is 10.1. The van der Waals surface area contributed by atoms with Gasteiger partial charge in [0.1, 0.15) is 5.75 Å². The van der Waals surface area contributed by atoms with Gasteiger partial charge in [-0.15, -0.1) is 11.3 Å². The van der Waals surface area contributed by atoms with Crippen molar-refractivity contribution in [1.29, 1.82) is 0 Å². The first-order valence-corrected chi connectivity index (χ1v) is 10.5. The minimum Gasteiger partial charge on any atom is -0.490 e. The summed E-state index contributed by atoms with van der Waals surface area (Å²) in [4.78, 5) is 25.9. The van der Waals surface area contributed by atoms with Crippen molar-refractivity contribution in [2.45, 2.75) is 26.4 Å². The van der Waals surface area contributed by atoms with Crippen LogP contribution in [0.2, 0.25) is 0 Å². The number of carbonyl (C=O) groups excluding carboxylic acids is 2. The summed E-state index contributed by atoms with van der Waals surface area (Å²) in [6, 6.07) is 11.0. The third kappa shape index (κ3) is 4.58. The Balaban J connectivity index is 1.80. The molecule has 2 aromatic rings. The fourth-order valence-corrected chi connectivity index (χ4v) is 4.06. The minimum atomic E-state index is -0.358. The molecule has 1 aliphatic rings. The molecule has 1 aromatic heterocycles. The van der Waals surface area contributed by atoms with Crippen molar-refractivity contribution < 1.29 is 14.3 Å². The lowest BCUT2D eigenvalue weighted by Crippen LogP contribution is -2.44. The third-order valence-corrected chi connectivity index (χ3v) is 6.03. The molecule has 1 saturated heterocycles. The van der Waals surface area contributed by atoms with Crippen molar-refractivity contribution >= 4 is 57.5 Å². The predicted octanol–water partition coefficient (Wildman–Crippen LogP) is 4.47. The van der Waals surface area contributed by atoms with Gasteiger partial charge in [-0.1, -0.05) is 43.0 Å². The second kappa shape index (κ2) is 8.69. The molecule has 1 atom stereocenters. The maximum atomic E-state index is 12.7. The molecule has 0 unspecified atom stereocenters. The molecule has 1 aromatic carbocycles. The predicted molar refractivity (Wildman–Crippen MR) is 114 cm³/mol. The van der Waals surface area contributed by atoms with Crippen LogP contribution < -0.4 is 10.2 Å². The van der Waals surface area contributed by atoms with Crippen LogP contribution in [0, 0.1) is 0 Å². The molecule has 0 saturated carbocycles. The molecule has 27 heavy (non-hydrogen) atoms. The number of nitrogens with one attached hydrogen (secondary N) is 1. The van der Waals surface area contributed by atoms with Crippen LogP contribution in [0.25, 0.3) is 6.08 Å². The van der Waals surface area contributed by atoms with E-state index in [0.29, 0.717) is 15.5 Å². The summed E-state index contributed by atoms with van der Waals surface area (Å²) in [5.41, 5.74) is 3.37. The number of rotatable bonds is 6. The smallest absolute Gasteiger partial charge is 0.285 e. The first-order valence-electron chi connectivity index (χ1n) is 8.37. The van der Waals surface area contributed by atoms with Gasteiger partial charge in [0.2, 0.25) is 0 Å². The number of thioether (sulfide) groups is 1. The van der Waals surface area contributed by atoms with Crippen LogP contribution in [0.1, 0.15) is 35.5 Å². The first kappa shape index (κ1) is 19.6. The highest BCUT2D eigenvalue weighted by Gasteiger charge is 2.34. The minimum absolute atomic E-state index is 0.0686. The number of thiocarbonyl (C=S) groups is 1. The van der Waals surface area contributed by atoms with Crippen LogP contribution in [-0.2, 0) is 4.79 Å². The summed E-state index contributed by atoms with van der Waals surface area (Å²) < 4.78 is 6.22. The first-order chi connectivity index (χ1) is 13.0. The van der Waals surface area contributed by atoms with E-state index >= 15 is 0 Å². The third-order valence-electron chi connectivity index (χ3n) is 3.86. The van der Waals surface area contributed by atoms with Crippen molar-refractivity contribution in [2.75, 3.05) is 0 Å². The van der Waals surface area contributed by atoms with Crippen molar-refractivity contribution in [3.05, 3.63) is 57.1 Å². The normalized spacial score (nSPS) is 16.7. The Hall–Kier alpha value is -2.16. The monoisotopic (exact) mass is 418 g/mol. The molecule has 3 rings (SSSR count). The Bertz CT molecular complexity index is 893. The summed E-state index contributed by atoms with van der Waals surface area (Å²) >= 11 is 7.71. The van der Waals surface area contributed by atoms with Gasteiger partial charge in [-0.3, -0.25) is 15.0 Å². The molecule has 5 nitrogen and oxygen atoms in total. The van der Waals surface area contributed by atoms with E-state index in [2.05, 4.69) is 12.3 Å². The lowest BCUT2D eigenvalue weighted by molar-refractivity contribution is -0.123. The van der Waals surface area contributed by atoms with E-state index in [1.54, 1.807) is 23.6 Å². The molecule has 0 spiro atoms. The fraction of sp³-hybridized carbons (Fsp3) is 0.211. The van der Waals surface area contributed by atoms with E-state index in [9.17, 15) is 9.59 Å². The van der Waals surface area contributed by atoms with Gasteiger partial charge >= 0.3 is 0 Å². The average molecular weight is 419 g/mol. The molecule has 0 bridgehead atoms. The van der Waals surface area contributed by atoms with Gasteiger partial charge in [-0.2, -0.15) is 5.01 Å². The van der Waals surface area contributed by atoms with E-state index in [1.807, 2.05) is 31.2 Å².